The van der Waals surface area contributed by atoms with E-state index in [0.29, 0.717) is 34.9 Å². The second kappa shape index (κ2) is 21.0. The summed E-state index contributed by atoms with van der Waals surface area (Å²) in [4.78, 5) is 31.2. The predicted molar refractivity (Wildman–Crippen MR) is 329 cm³/mol. The molecule has 0 unspecified atom stereocenters. The first-order valence-corrected chi connectivity index (χ1v) is 31.0. The minimum absolute atomic E-state index is 0.560. The van der Waals surface area contributed by atoms with Crippen molar-refractivity contribution >= 4 is 52.7 Å². The molecule has 11 aromatic carbocycles. The fraction of sp³-hybridized carbons (Fsp3) is 0. The molecule has 0 amide bonds. The molecule has 376 valence electrons. The van der Waals surface area contributed by atoms with Gasteiger partial charge in [-0.1, -0.05) is 72.8 Å². The molecular formula is C72H49GeN7. The summed E-state index contributed by atoms with van der Waals surface area (Å²) < 4.78 is 7.78. The number of rotatable bonds is 12. The zero-order chi connectivity index (χ0) is 53.2. The molecule has 0 atom stereocenters. The number of hydrogen-bond acceptors (Lipinski definition) is 6. The predicted octanol–water partition coefficient (Wildman–Crippen LogP) is 14.2. The van der Waals surface area contributed by atoms with Crippen LogP contribution in [-0.4, -0.2) is 47.7 Å². The van der Waals surface area contributed by atoms with Crippen molar-refractivity contribution in [1.29, 1.82) is 0 Å². The van der Waals surface area contributed by atoms with Crippen LogP contribution in [-0.2, 0) is 0 Å². The van der Waals surface area contributed by atoms with E-state index in [1.54, 1.807) is 0 Å². The third-order valence-electron chi connectivity index (χ3n) is 15.1. The maximum atomic E-state index is 5.41. The van der Waals surface area contributed by atoms with Crippen molar-refractivity contribution in [1.82, 2.24) is 34.5 Å². The number of hydrogen-bond donors (Lipinski definition) is 0. The molecular weight excluding hydrogens is 1040 g/mol. The summed E-state index contributed by atoms with van der Waals surface area (Å²) in [5, 5.41) is 2.14. The molecule has 3 heterocycles. The van der Waals surface area contributed by atoms with Gasteiger partial charge in [0.1, 0.15) is 0 Å². The van der Waals surface area contributed by atoms with Gasteiger partial charge in [-0.15, -0.1) is 0 Å². The van der Waals surface area contributed by atoms with Crippen LogP contribution in [0.3, 0.4) is 0 Å². The summed E-state index contributed by atoms with van der Waals surface area (Å²) in [6, 6.07) is 105. The van der Waals surface area contributed by atoms with Crippen molar-refractivity contribution in [2.45, 2.75) is 0 Å². The molecule has 0 saturated heterocycles. The van der Waals surface area contributed by atoms with E-state index in [9.17, 15) is 0 Å². The summed E-state index contributed by atoms with van der Waals surface area (Å²) in [6.45, 7) is 0. The van der Waals surface area contributed by atoms with Gasteiger partial charge in [-0.05, 0) is 0 Å². The van der Waals surface area contributed by atoms with Crippen LogP contribution in [0.5, 0.6) is 0 Å². The van der Waals surface area contributed by atoms with Gasteiger partial charge in [-0.3, -0.25) is 0 Å². The Morgan fingerprint density at radius 2 is 0.575 bits per heavy atom. The topological polar surface area (TPSA) is 82.3 Å². The molecule has 14 rings (SSSR count). The Morgan fingerprint density at radius 3 is 1.05 bits per heavy atom. The van der Waals surface area contributed by atoms with E-state index in [0.717, 1.165) is 72.0 Å². The first-order chi connectivity index (χ1) is 39.7. The molecule has 0 aliphatic carbocycles. The van der Waals surface area contributed by atoms with Gasteiger partial charge < -0.3 is 0 Å². The van der Waals surface area contributed by atoms with Crippen LogP contribution in [0.2, 0.25) is 0 Å². The van der Waals surface area contributed by atoms with Gasteiger partial charge in [0.2, 0.25) is 0 Å². The molecule has 0 aliphatic rings. The molecule has 0 spiro atoms. The summed E-state index contributed by atoms with van der Waals surface area (Å²) in [7, 11) is 0. The number of fused-ring (bicyclic) bond motifs is 3. The van der Waals surface area contributed by atoms with Crippen LogP contribution in [0.4, 0.5) is 0 Å². The maximum absolute atomic E-state index is 5.41. The van der Waals surface area contributed by atoms with Gasteiger partial charge in [0, 0.05) is 11.1 Å². The molecule has 7 nitrogen and oxygen atoms in total. The second-order valence-electron chi connectivity index (χ2n) is 19.8. The maximum Gasteiger partial charge on any atom is -0.0512 e. The number of aromatic nitrogens is 7. The molecule has 0 bridgehead atoms. The third-order valence-corrected chi connectivity index (χ3v) is 25.1. The van der Waals surface area contributed by atoms with Gasteiger partial charge in [0.25, 0.3) is 0 Å². The van der Waals surface area contributed by atoms with Crippen molar-refractivity contribution in [3.63, 3.8) is 0 Å². The third kappa shape index (κ3) is 8.85. The molecule has 8 heteroatoms. The van der Waals surface area contributed by atoms with Crippen LogP contribution in [0.15, 0.2) is 297 Å². The Morgan fingerprint density at radius 1 is 0.225 bits per heavy atom. The Hall–Kier alpha value is -10.2. The first-order valence-electron chi connectivity index (χ1n) is 26.9. The van der Waals surface area contributed by atoms with Gasteiger partial charge in [-0.25, -0.2) is 15.0 Å². The van der Waals surface area contributed by atoms with E-state index in [1.165, 1.54) is 17.6 Å². The summed E-state index contributed by atoms with van der Waals surface area (Å²) in [5.41, 5.74) is 10.5. The molecule has 0 fully saturated rings. The zero-order valence-electron chi connectivity index (χ0n) is 43.4. The monoisotopic (exact) mass is 1090 g/mol. The standard InChI is InChI=1S/C72H49GeN7/c1-8-25-50(26-9-1)67-74-68(51-27-10-2-11-28-51)77-71(76-67)56-44-46-65-62(49-56)61-41-22-23-42-64(61)80(65)66-45-43-55(48-63(66)72-78-69(52-29-12-3-13-30-52)75-70(79-72)53-31-14-4-15-32-53)54-33-24-40-60(47-54)73(57-34-16-5-17-35-57,58-36-18-6-19-37-58)59-38-20-7-21-39-59/h1-49H. The smallest absolute Gasteiger partial charge is 0.0512 e. The van der Waals surface area contributed by atoms with Crippen LogP contribution in [0.1, 0.15) is 0 Å². The second-order valence-corrected chi connectivity index (χ2v) is 27.8. The first kappa shape index (κ1) is 48.2. The molecule has 0 N–H and O–H groups in total. The summed E-state index contributed by atoms with van der Waals surface area (Å²) in [6.07, 6.45) is 0. The Kier molecular flexibility index (Phi) is 12.6. The largest absolute Gasteiger partial charge is 0.208 e. The Bertz CT molecular complexity index is 4290. The number of para-hydroxylation sites is 1. The SMILES string of the molecule is c1ccc(-c2nc(-c3ccccc3)nc(-c3ccc4c(c3)c3ccccc3n4-c3ccc(-c4ccc[c]([Ge]([c]5ccccc5)([c]5ccccc5)[c]5ccccc5)c4)cc3-c3nc(-c4ccccc4)nc(-c4ccccc4)n3)n2)cc1. The minimum atomic E-state index is -3.65. The quantitative estimate of drug-likeness (QED) is 0.113. The molecule has 0 saturated carbocycles. The van der Waals surface area contributed by atoms with E-state index >= 15 is 0 Å². The van der Waals surface area contributed by atoms with Crippen LogP contribution >= 0.6 is 0 Å². The molecule has 80 heavy (non-hydrogen) atoms. The van der Waals surface area contributed by atoms with Gasteiger partial charge >= 0.3 is 353 Å². The van der Waals surface area contributed by atoms with Crippen molar-refractivity contribution in [2.75, 3.05) is 0 Å². The minimum Gasteiger partial charge on any atom is -0.208 e. The van der Waals surface area contributed by atoms with Crippen molar-refractivity contribution in [3.8, 4) is 85.1 Å². The van der Waals surface area contributed by atoms with Crippen molar-refractivity contribution < 1.29 is 0 Å². The van der Waals surface area contributed by atoms with Crippen molar-refractivity contribution in [3.05, 3.63) is 297 Å². The molecule has 14 aromatic rings. The van der Waals surface area contributed by atoms with Gasteiger partial charge in [0.05, 0.1) is 0 Å². The summed E-state index contributed by atoms with van der Waals surface area (Å²) in [5.74, 6) is 3.56. The van der Waals surface area contributed by atoms with Crippen LogP contribution < -0.4 is 17.6 Å². The Labute approximate surface area is 466 Å². The fourth-order valence-corrected chi connectivity index (χ4v) is 21.4. The van der Waals surface area contributed by atoms with Crippen LogP contribution in [0.25, 0.3) is 107 Å². The van der Waals surface area contributed by atoms with Crippen LogP contribution in [0, 0.1) is 0 Å². The average Bonchev–Trinajstić information content (AvgIpc) is 4.08. The summed E-state index contributed by atoms with van der Waals surface area (Å²) >= 11 is -3.65. The fourth-order valence-electron chi connectivity index (χ4n) is 11.3. The number of nitrogens with zero attached hydrogens (tertiary/aromatic N) is 7. The van der Waals surface area contributed by atoms with E-state index < -0.39 is 13.3 Å². The normalized spacial score (nSPS) is 11.5. The van der Waals surface area contributed by atoms with Gasteiger partial charge in [-0.2, -0.15) is 0 Å². The molecule has 3 aromatic heterocycles. The molecule has 0 radical (unpaired) electrons. The molecule has 0 aliphatic heterocycles. The zero-order valence-corrected chi connectivity index (χ0v) is 45.5. The van der Waals surface area contributed by atoms with E-state index in [1.807, 2.05) is 97.1 Å². The Balaban J connectivity index is 1.00. The van der Waals surface area contributed by atoms with Crippen molar-refractivity contribution in [2.24, 2.45) is 0 Å². The van der Waals surface area contributed by atoms with E-state index in [-0.39, 0.29) is 0 Å². The van der Waals surface area contributed by atoms with E-state index in [2.05, 4.69) is 205 Å². The number of benzene rings is 11. The average molecular weight is 1080 g/mol. The van der Waals surface area contributed by atoms with E-state index in [4.69, 9.17) is 29.9 Å². The van der Waals surface area contributed by atoms with Gasteiger partial charge in [0.15, 0.2) is 17.5 Å².